The summed E-state index contributed by atoms with van der Waals surface area (Å²) in [5, 5.41) is 19.5. The van der Waals surface area contributed by atoms with E-state index in [1.807, 2.05) is 60.8 Å². The van der Waals surface area contributed by atoms with E-state index in [-0.39, 0.29) is 51.7 Å². The molecule has 2 aliphatic rings. The number of carbonyl (C=O) groups is 7. The second-order valence-corrected chi connectivity index (χ2v) is 36.1. The summed E-state index contributed by atoms with van der Waals surface area (Å²) < 4.78 is 120. The molecule has 27 nitrogen and oxygen atoms in total. The lowest BCUT2D eigenvalue weighted by Crippen LogP contribution is -2.41. The number of Topliss-reactive ketones (excluding diaryl/α,β-unsaturated/α-hetero) is 2. The van der Waals surface area contributed by atoms with Gasteiger partial charge in [0.25, 0.3) is 17.1 Å². The number of ketones is 2. The number of aromatic nitrogens is 7. The van der Waals surface area contributed by atoms with Crippen LogP contribution in [0.3, 0.4) is 0 Å². The lowest BCUT2D eigenvalue weighted by atomic mass is 9.79. The Morgan fingerprint density at radius 3 is 1.19 bits per heavy atom. The minimum absolute atomic E-state index is 0.00363. The standard InChI is InChI=1S/C23H22F2N4O2.C15H14BrF2N3O.C14H20BNO3.C8H8BrClN2O.C8H9BrN2O2.C8H8F2.C6H3BrFNO2.C4H8O.C2H7N.Cl2OS/c1-14(30)9-18-10-15(7-8-26-18)16-11-19(22(27-13-16)28(2)3)23(31)29(4)21-6-5-17(24)12-20(21)25;1-20(2)14-11(6-9(16)8-19-14)15(22)21(3)13-5-4-10(17)7-12(13)18;1-10(17)8-12-9-11(6-7-16-12)15-18-13(2,3)14(4,5)19-15;1-12(2)8-6(7(10)13)3-5(9)4-11-8;1-11(2)7-6(8(12)13)3-5(9)4-10-7;1-2-6-3-4-7(9)5-8(6)10;7-3-1-4(6(10)11)5(8)9-2-3;1-2-4-5-3-1;1-3-2;1-4(2)3/h5-8,10-13H,9H2,1-4H3;4-8H,1-3H3;6-7,9H,8H2,1-5H3;3-4H,1-2H3;3-4H,1-2H3,(H,12,13);3-5H,2H2,1H3;1-2H,(H,10,11);1-4H2;3H,1-2H3;. The molecular formula is C88H99BBr4Cl3F7N14O13S. The number of carboxylic acids is 2. The van der Waals surface area contributed by atoms with Gasteiger partial charge in [-0.25, -0.2) is 65.1 Å². The highest BCUT2D eigenvalue weighted by Crippen LogP contribution is 2.37. The molecule has 12 rings (SSSR count). The second kappa shape index (κ2) is 56.2. The third-order valence-corrected chi connectivity index (χ3v) is 19.7. The Labute approximate surface area is 806 Å². The molecule has 0 unspecified atom stereocenters. The summed E-state index contributed by atoms with van der Waals surface area (Å²) in [6.07, 6.45) is 14.6. The molecular weight excluding hydrogens is 2060 g/mol. The molecule has 2 aliphatic heterocycles. The molecule has 131 heavy (non-hydrogen) atoms. The number of carboxylic acid groups (broad SMARTS) is 2. The van der Waals surface area contributed by atoms with E-state index in [4.69, 9.17) is 40.1 Å². The molecule has 0 radical (unpaired) electrons. The summed E-state index contributed by atoms with van der Waals surface area (Å²) in [7, 11) is 27.7. The monoisotopic (exact) mass is 2160 g/mol. The predicted octanol–water partition coefficient (Wildman–Crippen LogP) is 18.7. The minimum atomic E-state index is -1.67. The quantitative estimate of drug-likeness (QED) is 0.0311. The van der Waals surface area contributed by atoms with Gasteiger partial charge in [-0.2, -0.15) is 4.39 Å². The third-order valence-electron chi connectivity index (χ3n) is 17.8. The zero-order valence-electron chi connectivity index (χ0n) is 74.9. The Hall–Kier alpha value is -9.85. The normalized spacial score (nSPS) is 12.1. The number of nitrogens with zero attached hydrogens (tertiary/aromatic N) is 13. The van der Waals surface area contributed by atoms with Crippen molar-refractivity contribution < 1.29 is 92.8 Å². The van der Waals surface area contributed by atoms with E-state index >= 15 is 0 Å². The van der Waals surface area contributed by atoms with Crippen molar-refractivity contribution in [1.82, 2.24) is 40.2 Å². The van der Waals surface area contributed by atoms with Crippen LogP contribution in [0.2, 0.25) is 0 Å². The van der Waals surface area contributed by atoms with Crippen LogP contribution in [-0.4, -0.2) is 206 Å². The Morgan fingerprint density at radius 1 is 0.473 bits per heavy atom. The van der Waals surface area contributed by atoms with Crippen molar-refractivity contribution >= 4 is 194 Å². The van der Waals surface area contributed by atoms with Crippen molar-refractivity contribution in [2.75, 3.05) is 127 Å². The third kappa shape index (κ3) is 38.7. The number of ether oxygens (including phenoxy) is 1. The Morgan fingerprint density at radius 2 is 0.824 bits per heavy atom. The number of pyridine rings is 7. The number of benzene rings is 3. The van der Waals surface area contributed by atoms with Gasteiger partial charge in [-0.3, -0.25) is 33.9 Å². The molecule has 7 aromatic heterocycles. The molecule has 43 heteroatoms. The maximum Gasteiger partial charge on any atom is 0.494 e. The largest absolute Gasteiger partial charge is 0.494 e. The highest BCUT2D eigenvalue weighted by molar-refractivity contribution is 9.11. The molecule has 10 aromatic rings. The second-order valence-electron chi connectivity index (χ2n) is 29.6. The average Bonchev–Trinajstić information content (AvgIpc) is 1.56. The highest BCUT2D eigenvalue weighted by Gasteiger charge is 2.52. The lowest BCUT2D eigenvalue weighted by molar-refractivity contribution is -0.117. The maximum absolute atomic E-state index is 14.2. The minimum Gasteiger partial charge on any atom is -0.478 e. The molecule has 3 N–H and O–H groups in total. The summed E-state index contributed by atoms with van der Waals surface area (Å²) in [6, 6.07) is 24.6. The van der Waals surface area contributed by atoms with Crippen LogP contribution >= 0.6 is 96.7 Å². The molecule has 706 valence electrons. The number of aryl methyl sites for hydroxylation is 1. The molecule has 0 atom stereocenters. The van der Waals surface area contributed by atoms with E-state index < -0.39 is 91.8 Å². The van der Waals surface area contributed by atoms with Crippen LogP contribution in [0.4, 0.5) is 65.4 Å². The van der Waals surface area contributed by atoms with Crippen LogP contribution in [0, 0.1) is 40.9 Å². The van der Waals surface area contributed by atoms with E-state index in [9.17, 15) is 64.3 Å². The van der Waals surface area contributed by atoms with Crippen LogP contribution in [0.1, 0.15) is 130 Å². The lowest BCUT2D eigenvalue weighted by Gasteiger charge is -2.32. The molecule has 2 amide bonds. The van der Waals surface area contributed by atoms with Crippen molar-refractivity contribution in [3.05, 3.63) is 256 Å². The van der Waals surface area contributed by atoms with Gasteiger partial charge < -0.3 is 59.0 Å². The number of aromatic carboxylic acids is 2. The topological polar surface area (TPSA) is 326 Å². The summed E-state index contributed by atoms with van der Waals surface area (Å²) in [4.78, 5) is 118. The summed E-state index contributed by atoms with van der Waals surface area (Å²) >= 11 is 18.0. The Kier molecular flexibility index (Phi) is 49.5. The van der Waals surface area contributed by atoms with E-state index in [0.717, 1.165) is 80.6 Å². The average molecular weight is 2160 g/mol. The molecule has 0 spiro atoms. The number of rotatable bonds is 18. The Balaban J connectivity index is 0.000000397. The van der Waals surface area contributed by atoms with Crippen LogP contribution in [0.5, 0.6) is 0 Å². The van der Waals surface area contributed by atoms with Gasteiger partial charge in [-0.1, -0.05) is 13.0 Å². The van der Waals surface area contributed by atoms with Gasteiger partial charge >= 0.3 is 19.1 Å². The number of carbonyl (C=O) groups excluding carboxylic acids is 5. The van der Waals surface area contributed by atoms with Crippen molar-refractivity contribution in [2.24, 2.45) is 0 Å². The summed E-state index contributed by atoms with van der Waals surface area (Å²) in [5.41, 5.74) is 4.17. The van der Waals surface area contributed by atoms with Crippen molar-refractivity contribution in [3.8, 4) is 11.1 Å². The molecule has 2 fully saturated rings. The SMILES string of the molecule is C1CCOC1.CC(=O)Cc1cc(-c2cnc(N(C)C)c(C(=O)N(C)c3ccc(F)cc3F)c2)ccn1.CC(=O)Cc1cc(B2OC(C)(C)C(C)(C)O2)ccn1.CCc1ccc(F)cc1F.CN(C)c1ncc(Br)cc1C(=O)Cl.CN(C)c1ncc(Br)cc1C(=O)N(C)c1ccc(F)cc1F.CN(C)c1ncc(Br)cc1C(=O)O.CNC.O=C(O)c1cc(Br)cnc1F.O=S(Cl)Cl. The first kappa shape index (κ1) is 115. The first-order chi connectivity index (χ1) is 61.2. The van der Waals surface area contributed by atoms with Gasteiger partial charge in [0.2, 0.25) is 15.2 Å². The zero-order valence-corrected chi connectivity index (χ0v) is 84.3. The van der Waals surface area contributed by atoms with E-state index in [1.165, 1.54) is 70.4 Å². The van der Waals surface area contributed by atoms with Crippen LogP contribution in [0.25, 0.3) is 11.1 Å². The molecule has 0 bridgehead atoms. The van der Waals surface area contributed by atoms with Gasteiger partial charge in [0.1, 0.15) is 80.9 Å². The molecule has 0 aliphatic carbocycles. The van der Waals surface area contributed by atoms with Crippen molar-refractivity contribution in [2.45, 2.75) is 91.8 Å². The van der Waals surface area contributed by atoms with Crippen LogP contribution in [-0.2, 0) is 52.1 Å². The molecule has 0 saturated carbocycles. The fraction of sp³-hybridized carbons (Fsp3) is 0.318. The summed E-state index contributed by atoms with van der Waals surface area (Å²) in [6.45, 7) is 15.0. The number of anilines is 6. The number of amides is 2. The van der Waals surface area contributed by atoms with Crippen molar-refractivity contribution in [1.29, 1.82) is 0 Å². The predicted molar refractivity (Wildman–Crippen MR) is 514 cm³/mol. The first-order valence-corrected chi connectivity index (χ1v) is 45.3. The summed E-state index contributed by atoms with van der Waals surface area (Å²) in [5.74, 6) is -6.26. The fourth-order valence-corrected chi connectivity index (χ4v) is 12.4. The first-order valence-electron chi connectivity index (χ1n) is 38.9. The zero-order chi connectivity index (χ0) is 99.2. The smallest absolute Gasteiger partial charge is 0.478 e. The van der Waals surface area contributed by atoms with Crippen LogP contribution in [0.15, 0.2) is 170 Å². The van der Waals surface area contributed by atoms with Gasteiger partial charge in [0.15, 0.2) is 0 Å². The van der Waals surface area contributed by atoms with E-state index in [1.54, 1.807) is 150 Å². The van der Waals surface area contributed by atoms with Crippen molar-refractivity contribution in [3.63, 3.8) is 0 Å². The number of hydrogen-bond acceptors (Lipinski definition) is 23. The maximum atomic E-state index is 14.2. The number of nitrogens with one attached hydrogen (secondary N) is 1. The van der Waals surface area contributed by atoms with E-state index in [0.29, 0.717) is 77.5 Å². The number of halogens is 14. The number of hydrogen-bond donors (Lipinski definition) is 3. The van der Waals surface area contributed by atoms with Gasteiger partial charge in [0.05, 0.1) is 39.3 Å². The molecule has 2 saturated heterocycles. The van der Waals surface area contributed by atoms with Crippen LogP contribution < -0.4 is 40.2 Å². The Bertz CT molecular complexity index is 5490. The molecule has 3 aromatic carbocycles. The van der Waals surface area contributed by atoms with Gasteiger partial charge in [-0.15, -0.1) is 0 Å². The molecule has 9 heterocycles. The highest BCUT2D eigenvalue weighted by atomic mass is 79.9. The van der Waals surface area contributed by atoms with Gasteiger partial charge in [-0.05, 0) is 252 Å². The fourth-order valence-electron chi connectivity index (χ4n) is 10.9. The van der Waals surface area contributed by atoms with Gasteiger partial charge in [0, 0.05) is 214 Å². The van der Waals surface area contributed by atoms with E-state index in [2.05, 4.69) is 125 Å².